The molecule has 0 aliphatic heterocycles. The lowest BCUT2D eigenvalue weighted by Gasteiger charge is -2.15. The Hall–Kier alpha value is -3.53. The standard InChI is InChI=1S/C19H18N2O5/c20-12-14-6-8-16(9-7-14)25-11-10-17(18(22)23)21-19(24)26-13-15-4-2-1-3-5-15/h1-9,17H,10-11,13H2,(H,21,24)(H,22,23)/t17-/m1/s1. The second-order valence-electron chi connectivity index (χ2n) is 5.37. The molecule has 0 radical (unpaired) electrons. The van der Waals surface area contributed by atoms with E-state index in [1.54, 1.807) is 36.4 Å². The van der Waals surface area contributed by atoms with Crippen molar-refractivity contribution in [1.29, 1.82) is 5.26 Å². The Balaban J connectivity index is 1.77. The number of carbonyl (C=O) groups is 2. The van der Waals surface area contributed by atoms with E-state index >= 15 is 0 Å². The largest absolute Gasteiger partial charge is 0.493 e. The van der Waals surface area contributed by atoms with E-state index in [2.05, 4.69) is 5.32 Å². The first kappa shape index (κ1) is 18.8. The molecule has 0 aromatic heterocycles. The Bertz CT molecular complexity index is 769. The van der Waals surface area contributed by atoms with Crippen molar-refractivity contribution in [3.05, 3.63) is 65.7 Å². The predicted molar refractivity (Wildman–Crippen MR) is 92.5 cm³/mol. The fraction of sp³-hybridized carbons (Fsp3) is 0.211. The molecular formula is C19H18N2O5. The number of aliphatic carboxylic acids is 1. The zero-order valence-electron chi connectivity index (χ0n) is 13.9. The molecule has 1 amide bonds. The van der Waals surface area contributed by atoms with Gasteiger partial charge in [0.2, 0.25) is 0 Å². The van der Waals surface area contributed by atoms with Crippen molar-refractivity contribution in [2.45, 2.75) is 19.1 Å². The zero-order chi connectivity index (χ0) is 18.8. The van der Waals surface area contributed by atoms with E-state index in [-0.39, 0.29) is 19.6 Å². The number of benzene rings is 2. The van der Waals surface area contributed by atoms with E-state index in [1.807, 2.05) is 24.3 Å². The maximum Gasteiger partial charge on any atom is 0.408 e. The quantitative estimate of drug-likeness (QED) is 0.754. The van der Waals surface area contributed by atoms with Gasteiger partial charge in [-0.3, -0.25) is 0 Å². The summed E-state index contributed by atoms with van der Waals surface area (Å²) in [5.41, 5.74) is 1.31. The number of carbonyl (C=O) groups excluding carboxylic acids is 1. The third-order valence-corrected chi connectivity index (χ3v) is 3.46. The van der Waals surface area contributed by atoms with Gasteiger partial charge in [-0.1, -0.05) is 30.3 Å². The number of alkyl carbamates (subject to hydrolysis) is 1. The summed E-state index contributed by atoms with van der Waals surface area (Å²) < 4.78 is 10.4. The number of nitriles is 1. The maximum atomic E-state index is 11.8. The number of hydrogen-bond acceptors (Lipinski definition) is 5. The van der Waals surface area contributed by atoms with Crippen molar-refractivity contribution in [2.24, 2.45) is 0 Å². The highest BCUT2D eigenvalue weighted by Gasteiger charge is 2.20. The number of carboxylic acids is 1. The van der Waals surface area contributed by atoms with Crippen LogP contribution >= 0.6 is 0 Å². The summed E-state index contributed by atoms with van der Waals surface area (Å²) in [6.45, 7) is 0.141. The highest BCUT2D eigenvalue weighted by atomic mass is 16.5. The minimum atomic E-state index is -1.18. The lowest BCUT2D eigenvalue weighted by atomic mass is 10.2. The Morgan fingerprint density at radius 3 is 2.42 bits per heavy atom. The summed E-state index contributed by atoms with van der Waals surface area (Å²) in [5, 5.41) is 20.2. The van der Waals surface area contributed by atoms with Crippen LogP contribution in [0.2, 0.25) is 0 Å². The fourth-order valence-corrected chi connectivity index (χ4v) is 2.08. The van der Waals surface area contributed by atoms with E-state index in [1.165, 1.54) is 0 Å². The number of hydrogen-bond donors (Lipinski definition) is 2. The minimum absolute atomic E-state index is 0.0563. The minimum Gasteiger partial charge on any atom is -0.493 e. The van der Waals surface area contributed by atoms with Crippen molar-refractivity contribution in [3.8, 4) is 11.8 Å². The van der Waals surface area contributed by atoms with E-state index in [0.29, 0.717) is 11.3 Å². The van der Waals surface area contributed by atoms with Crippen LogP contribution in [0.4, 0.5) is 4.79 Å². The van der Waals surface area contributed by atoms with Gasteiger partial charge in [0.15, 0.2) is 0 Å². The molecule has 2 aromatic carbocycles. The molecule has 0 aliphatic carbocycles. The highest BCUT2D eigenvalue weighted by Crippen LogP contribution is 2.12. The van der Waals surface area contributed by atoms with Gasteiger partial charge in [-0.2, -0.15) is 5.26 Å². The first-order valence-corrected chi connectivity index (χ1v) is 7.91. The van der Waals surface area contributed by atoms with Crippen LogP contribution < -0.4 is 10.1 Å². The SMILES string of the molecule is N#Cc1ccc(OCC[C@@H](NC(=O)OCc2ccccc2)C(=O)O)cc1. The molecule has 0 aliphatic rings. The van der Waals surface area contributed by atoms with Crippen LogP contribution in [0.15, 0.2) is 54.6 Å². The molecule has 1 atom stereocenters. The van der Waals surface area contributed by atoms with Gasteiger partial charge in [-0.25, -0.2) is 9.59 Å². The smallest absolute Gasteiger partial charge is 0.408 e. The molecule has 7 nitrogen and oxygen atoms in total. The molecule has 0 spiro atoms. The summed E-state index contributed by atoms with van der Waals surface area (Å²) in [6.07, 6.45) is -0.741. The topological polar surface area (TPSA) is 109 Å². The van der Waals surface area contributed by atoms with Crippen LogP contribution in [0.1, 0.15) is 17.5 Å². The van der Waals surface area contributed by atoms with Crippen LogP contribution in [0.25, 0.3) is 0 Å². The molecule has 2 rings (SSSR count). The number of rotatable bonds is 8. The van der Waals surface area contributed by atoms with Crippen molar-refractivity contribution >= 4 is 12.1 Å². The van der Waals surface area contributed by atoms with Crippen molar-refractivity contribution < 1.29 is 24.2 Å². The first-order chi connectivity index (χ1) is 12.6. The summed E-state index contributed by atoms with van der Waals surface area (Å²) in [7, 11) is 0. The number of carboxylic acid groups (broad SMARTS) is 1. The second kappa shape index (κ2) is 9.69. The average molecular weight is 354 g/mol. The third kappa shape index (κ3) is 6.17. The lowest BCUT2D eigenvalue weighted by Crippen LogP contribution is -2.42. The summed E-state index contributed by atoms with van der Waals surface area (Å²) in [4.78, 5) is 23.0. The van der Waals surface area contributed by atoms with Crippen LogP contribution in [-0.4, -0.2) is 29.8 Å². The van der Waals surface area contributed by atoms with Gasteiger partial charge in [-0.05, 0) is 29.8 Å². The molecule has 0 heterocycles. The van der Waals surface area contributed by atoms with Crippen molar-refractivity contribution in [3.63, 3.8) is 0 Å². The molecule has 0 fully saturated rings. The molecule has 2 N–H and O–H groups in total. The highest BCUT2D eigenvalue weighted by molar-refractivity contribution is 5.79. The summed E-state index contributed by atoms with van der Waals surface area (Å²) >= 11 is 0. The predicted octanol–water partition coefficient (Wildman–Crippen LogP) is 2.71. The Labute approximate surface area is 150 Å². The number of ether oxygens (including phenoxy) is 2. The molecule has 26 heavy (non-hydrogen) atoms. The molecule has 0 saturated carbocycles. The van der Waals surface area contributed by atoms with Crippen molar-refractivity contribution in [1.82, 2.24) is 5.32 Å². The average Bonchev–Trinajstić information content (AvgIpc) is 2.67. The van der Waals surface area contributed by atoms with Gasteiger partial charge in [0.25, 0.3) is 0 Å². The molecule has 0 saturated heterocycles. The molecule has 0 bridgehead atoms. The molecular weight excluding hydrogens is 336 g/mol. The van der Waals surface area contributed by atoms with Gasteiger partial charge < -0.3 is 19.9 Å². The normalized spacial score (nSPS) is 11.0. The van der Waals surface area contributed by atoms with Crippen molar-refractivity contribution in [2.75, 3.05) is 6.61 Å². The van der Waals surface area contributed by atoms with Gasteiger partial charge in [0.05, 0.1) is 18.2 Å². The van der Waals surface area contributed by atoms with Crippen LogP contribution in [0.3, 0.4) is 0 Å². The monoisotopic (exact) mass is 354 g/mol. The number of amides is 1. The fourth-order valence-electron chi connectivity index (χ4n) is 2.08. The van der Waals surface area contributed by atoms with Crippen LogP contribution in [0.5, 0.6) is 5.75 Å². The van der Waals surface area contributed by atoms with Gasteiger partial charge in [0.1, 0.15) is 18.4 Å². The van der Waals surface area contributed by atoms with E-state index in [4.69, 9.17) is 14.7 Å². The van der Waals surface area contributed by atoms with Crippen LogP contribution in [-0.2, 0) is 16.1 Å². The van der Waals surface area contributed by atoms with E-state index in [9.17, 15) is 14.7 Å². The first-order valence-electron chi connectivity index (χ1n) is 7.91. The lowest BCUT2D eigenvalue weighted by molar-refractivity contribution is -0.139. The maximum absolute atomic E-state index is 11.8. The number of nitrogens with zero attached hydrogens (tertiary/aromatic N) is 1. The van der Waals surface area contributed by atoms with Crippen LogP contribution in [0, 0.1) is 11.3 Å². The van der Waals surface area contributed by atoms with E-state index < -0.39 is 18.1 Å². The summed E-state index contributed by atoms with van der Waals surface area (Å²) in [6, 6.07) is 16.4. The Kier molecular flexibility index (Phi) is 7.01. The van der Waals surface area contributed by atoms with Gasteiger partial charge >= 0.3 is 12.1 Å². The Morgan fingerprint density at radius 2 is 1.81 bits per heavy atom. The molecule has 7 heteroatoms. The molecule has 134 valence electrons. The second-order valence-corrected chi connectivity index (χ2v) is 5.37. The molecule has 0 unspecified atom stereocenters. The third-order valence-electron chi connectivity index (χ3n) is 3.46. The van der Waals surface area contributed by atoms with Gasteiger partial charge in [0, 0.05) is 6.42 Å². The summed E-state index contributed by atoms with van der Waals surface area (Å²) in [5.74, 6) is -0.662. The zero-order valence-corrected chi connectivity index (χ0v) is 13.9. The Morgan fingerprint density at radius 1 is 1.12 bits per heavy atom. The van der Waals surface area contributed by atoms with Gasteiger partial charge in [-0.15, -0.1) is 0 Å². The number of nitrogens with one attached hydrogen (secondary N) is 1. The molecule has 2 aromatic rings. The van der Waals surface area contributed by atoms with E-state index in [0.717, 1.165) is 5.56 Å².